The van der Waals surface area contributed by atoms with E-state index in [1.165, 1.54) is 35.0 Å². The van der Waals surface area contributed by atoms with E-state index in [0.29, 0.717) is 11.4 Å². The third kappa shape index (κ3) is 3.05. The lowest BCUT2D eigenvalue weighted by Crippen LogP contribution is -2.26. The van der Waals surface area contributed by atoms with Crippen LogP contribution in [0.25, 0.3) is 0 Å². The lowest BCUT2D eigenvalue weighted by molar-refractivity contribution is -0.119. The van der Waals surface area contributed by atoms with Crippen LogP contribution in [0.4, 0.5) is 5.69 Å². The van der Waals surface area contributed by atoms with Crippen molar-refractivity contribution in [3.05, 3.63) is 29.3 Å². The van der Waals surface area contributed by atoms with E-state index in [-0.39, 0.29) is 17.3 Å². The molecule has 0 radical (unpaired) electrons. The van der Waals surface area contributed by atoms with Crippen LogP contribution in [0.15, 0.2) is 18.6 Å². The second-order valence-electron chi connectivity index (χ2n) is 4.39. The zero-order valence-electron chi connectivity index (χ0n) is 11.4. The van der Waals surface area contributed by atoms with Crippen molar-refractivity contribution in [3.8, 4) is 0 Å². The first-order chi connectivity index (χ1) is 9.93. The minimum atomic E-state index is -1.17. The molecular weight excluding hydrogens is 298 g/mol. The van der Waals surface area contributed by atoms with Crippen molar-refractivity contribution in [2.75, 3.05) is 5.32 Å². The Morgan fingerprint density at radius 3 is 2.67 bits per heavy atom. The molecule has 2 aromatic heterocycles. The Hall–Kier alpha value is -2.35. The summed E-state index contributed by atoms with van der Waals surface area (Å²) < 4.78 is 2.62. The molecule has 0 aliphatic heterocycles. The summed E-state index contributed by atoms with van der Waals surface area (Å²) in [5.41, 5.74) is 0.0587. The highest BCUT2D eigenvalue weighted by Gasteiger charge is 2.23. The van der Waals surface area contributed by atoms with Crippen LogP contribution in [0, 0.1) is 0 Å². The lowest BCUT2D eigenvalue weighted by atomic mass is 10.2. The van der Waals surface area contributed by atoms with E-state index in [1.54, 1.807) is 0 Å². The Morgan fingerprint density at radius 2 is 2.14 bits per heavy atom. The SMILES string of the molecule is CCC(C(=O)Nc1cnn(C)c1C(=O)O)n1cc(Cl)cn1. The van der Waals surface area contributed by atoms with Crippen LogP contribution in [-0.2, 0) is 11.8 Å². The molecule has 1 amide bonds. The van der Waals surface area contributed by atoms with E-state index in [9.17, 15) is 9.59 Å². The molecule has 1 unspecified atom stereocenters. The van der Waals surface area contributed by atoms with Gasteiger partial charge < -0.3 is 10.4 Å². The van der Waals surface area contributed by atoms with Crippen LogP contribution in [-0.4, -0.2) is 36.5 Å². The summed E-state index contributed by atoms with van der Waals surface area (Å²) in [6, 6.07) is -0.584. The smallest absolute Gasteiger partial charge is 0.356 e. The van der Waals surface area contributed by atoms with Gasteiger partial charge >= 0.3 is 5.97 Å². The molecule has 0 bridgehead atoms. The fraction of sp³-hybridized carbons (Fsp3) is 0.333. The highest BCUT2D eigenvalue weighted by Crippen LogP contribution is 2.19. The molecule has 8 nitrogen and oxygen atoms in total. The molecule has 0 saturated heterocycles. The van der Waals surface area contributed by atoms with Gasteiger partial charge in [0.15, 0.2) is 5.69 Å². The van der Waals surface area contributed by atoms with Crippen LogP contribution in [0.5, 0.6) is 0 Å². The minimum absolute atomic E-state index is 0.0864. The number of nitrogens with one attached hydrogen (secondary N) is 1. The Morgan fingerprint density at radius 1 is 1.43 bits per heavy atom. The van der Waals surface area contributed by atoms with Crippen molar-refractivity contribution in [2.24, 2.45) is 7.05 Å². The molecule has 2 heterocycles. The van der Waals surface area contributed by atoms with Crippen molar-refractivity contribution in [1.29, 1.82) is 0 Å². The van der Waals surface area contributed by atoms with Crippen molar-refractivity contribution < 1.29 is 14.7 Å². The largest absolute Gasteiger partial charge is 0.476 e. The summed E-state index contributed by atoms with van der Waals surface area (Å²) in [6.07, 6.45) is 4.75. The predicted octanol–water partition coefficient (Wildman–Crippen LogP) is 1.56. The number of nitrogens with zero attached hydrogens (tertiary/aromatic N) is 4. The van der Waals surface area contributed by atoms with Crippen LogP contribution in [0.1, 0.15) is 29.9 Å². The van der Waals surface area contributed by atoms with Crippen LogP contribution >= 0.6 is 11.6 Å². The minimum Gasteiger partial charge on any atom is -0.476 e. The van der Waals surface area contributed by atoms with E-state index in [4.69, 9.17) is 16.7 Å². The first kappa shape index (κ1) is 15.0. The van der Waals surface area contributed by atoms with E-state index in [0.717, 1.165) is 0 Å². The highest BCUT2D eigenvalue weighted by molar-refractivity contribution is 6.30. The second kappa shape index (κ2) is 5.96. The predicted molar refractivity (Wildman–Crippen MR) is 75.4 cm³/mol. The molecule has 2 aromatic rings. The molecule has 2 rings (SSSR count). The van der Waals surface area contributed by atoms with Gasteiger partial charge in [0.2, 0.25) is 5.91 Å². The number of aromatic carboxylic acids is 1. The second-order valence-corrected chi connectivity index (χ2v) is 4.82. The van der Waals surface area contributed by atoms with Gasteiger partial charge in [0.05, 0.1) is 23.1 Å². The topological polar surface area (TPSA) is 102 Å². The number of rotatable bonds is 5. The third-order valence-electron chi connectivity index (χ3n) is 2.98. The summed E-state index contributed by atoms with van der Waals surface area (Å²) in [5.74, 6) is -1.55. The monoisotopic (exact) mass is 311 g/mol. The number of hydrogen-bond donors (Lipinski definition) is 2. The molecule has 9 heteroatoms. The van der Waals surface area contributed by atoms with Crippen molar-refractivity contribution in [3.63, 3.8) is 0 Å². The fourth-order valence-electron chi connectivity index (χ4n) is 1.98. The summed E-state index contributed by atoms with van der Waals surface area (Å²) in [5, 5.41) is 19.9. The normalized spacial score (nSPS) is 12.1. The van der Waals surface area contributed by atoms with Gasteiger partial charge in [0.25, 0.3) is 0 Å². The fourth-order valence-corrected chi connectivity index (χ4v) is 2.12. The average molecular weight is 312 g/mol. The van der Waals surface area contributed by atoms with Crippen molar-refractivity contribution in [1.82, 2.24) is 19.6 Å². The third-order valence-corrected chi connectivity index (χ3v) is 3.17. The van der Waals surface area contributed by atoms with Gasteiger partial charge in [0, 0.05) is 13.2 Å². The van der Waals surface area contributed by atoms with Crippen LogP contribution in [0.3, 0.4) is 0 Å². The maximum atomic E-state index is 12.3. The first-order valence-electron chi connectivity index (χ1n) is 6.19. The number of carboxylic acids is 1. The van der Waals surface area contributed by atoms with E-state index < -0.39 is 12.0 Å². The Kier molecular flexibility index (Phi) is 4.27. The van der Waals surface area contributed by atoms with Crippen LogP contribution in [0.2, 0.25) is 5.02 Å². The van der Waals surface area contributed by atoms with E-state index in [1.807, 2.05) is 6.92 Å². The van der Waals surface area contributed by atoms with Gasteiger partial charge in [-0.05, 0) is 6.42 Å². The van der Waals surface area contributed by atoms with Gasteiger partial charge in [-0.2, -0.15) is 10.2 Å². The molecule has 0 aliphatic rings. The number of amides is 1. The number of aryl methyl sites for hydroxylation is 1. The quantitative estimate of drug-likeness (QED) is 0.872. The number of anilines is 1. The Balaban J connectivity index is 2.22. The Labute approximate surface area is 125 Å². The maximum Gasteiger partial charge on any atom is 0.356 e. The summed E-state index contributed by atoms with van der Waals surface area (Å²) >= 11 is 5.79. The van der Waals surface area contributed by atoms with Crippen molar-refractivity contribution >= 4 is 29.2 Å². The summed E-state index contributed by atoms with van der Waals surface area (Å²) in [7, 11) is 1.49. The average Bonchev–Trinajstić information content (AvgIpc) is 2.97. The molecule has 1 atom stereocenters. The van der Waals surface area contributed by atoms with Crippen LogP contribution < -0.4 is 5.32 Å². The zero-order chi connectivity index (χ0) is 15.6. The summed E-state index contributed by atoms with van der Waals surface area (Å²) in [4.78, 5) is 23.4. The van der Waals surface area contributed by atoms with Gasteiger partial charge in [-0.15, -0.1) is 0 Å². The number of aromatic nitrogens is 4. The first-order valence-corrected chi connectivity index (χ1v) is 6.57. The van der Waals surface area contributed by atoms with Gasteiger partial charge in [-0.3, -0.25) is 14.2 Å². The number of hydrogen-bond acceptors (Lipinski definition) is 4. The molecule has 0 aromatic carbocycles. The molecule has 21 heavy (non-hydrogen) atoms. The number of halogens is 1. The lowest BCUT2D eigenvalue weighted by Gasteiger charge is -2.15. The maximum absolute atomic E-state index is 12.3. The number of carbonyl (C=O) groups excluding carboxylic acids is 1. The molecule has 0 aliphatic carbocycles. The standard InChI is InChI=1S/C12H14ClN5O3/c1-3-9(18-6-7(13)4-15-18)11(19)16-8-5-14-17(2)10(8)12(20)21/h4-6,9H,3H2,1-2H3,(H,16,19)(H,20,21). The molecule has 0 fully saturated rings. The number of carbonyl (C=O) groups is 2. The van der Waals surface area contributed by atoms with Gasteiger partial charge in [-0.25, -0.2) is 4.79 Å². The van der Waals surface area contributed by atoms with E-state index in [2.05, 4.69) is 15.5 Å². The molecule has 0 saturated carbocycles. The van der Waals surface area contributed by atoms with E-state index >= 15 is 0 Å². The zero-order valence-corrected chi connectivity index (χ0v) is 12.2. The van der Waals surface area contributed by atoms with Gasteiger partial charge in [0.1, 0.15) is 6.04 Å². The molecule has 0 spiro atoms. The molecule has 112 valence electrons. The van der Waals surface area contributed by atoms with Crippen molar-refractivity contribution in [2.45, 2.75) is 19.4 Å². The number of carboxylic acid groups (broad SMARTS) is 1. The highest BCUT2D eigenvalue weighted by atomic mass is 35.5. The summed E-state index contributed by atoms with van der Waals surface area (Å²) in [6.45, 7) is 1.82. The van der Waals surface area contributed by atoms with Gasteiger partial charge in [-0.1, -0.05) is 18.5 Å². The Bertz CT molecular complexity index is 678. The molecular formula is C12H14ClN5O3. The molecule has 2 N–H and O–H groups in total.